The van der Waals surface area contributed by atoms with Crippen LogP contribution in [-0.2, 0) is 21.2 Å². The molecule has 2 aromatic carbocycles. The smallest absolute Gasteiger partial charge is 0.294 e. The predicted molar refractivity (Wildman–Crippen MR) is 132 cm³/mol. The summed E-state index contributed by atoms with van der Waals surface area (Å²) in [6, 6.07) is 17.2. The Morgan fingerprint density at radius 1 is 1.00 bits per heavy atom. The Hall–Kier alpha value is -3.20. The molecular weight excluding hydrogens is 452 g/mol. The van der Waals surface area contributed by atoms with E-state index < -0.39 is 9.84 Å². The van der Waals surface area contributed by atoms with Gasteiger partial charge in [0.25, 0.3) is 5.56 Å². The molecule has 2 aliphatic heterocycles. The molecule has 1 amide bonds. The van der Waals surface area contributed by atoms with Gasteiger partial charge in [-0.3, -0.25) is 14.2 Å². The van der Waals surface area contributed by atoms with Gasteiger partial charge in [0.15, 0.2) is 15.7 Å². The van der Waals surface area contributed by atoms with Gasteiger partial charge in [0.1, 0.15) is 0 Å². The Morgan fingerprint density at radius 2 is 1.71 bits per heavy atom. The zero-order chi connectivity index (χ0) is 23.7. The van der Waals surface area contributed by atoms with E-state index in [0.717, 1.165) is 16.6 Å². The first-order valence-electron chi connectivity index (χ1n) is 11.7. The van der Waals surface area contributed by atoms with Gasteiger partial charge >= 0.3 is 0 Å². The minimum Gasteiger partial charge on any atom is -0.352 e. The lowest BCUT2D eigenvalue weighted by Crippen LogP contribution is -2.45. The molecule has 0 aliphatic carbocycles. The lowest BCUT2D eigenvalue weighted by atomic mass is 9.95. The van der Waals surface area contributed by atoms with Crippen LogP contribution in [0.4, 0.5) is 5.82 Å². The van der Waals surface area contributed by atoms with Crippen LogP contribution in [0.15, 0.2) is 59.4 Å². The van der Waals surface area contributed by atoms with Gasteiger partial charge in [-0.2, -0.15) is 0 Å². The molecule has 34 heavy (non-hydrogen) atoms. The van der Waals surface area contributed by atoms with E-state index in [2.05, 4.69) is 5.32 Å². The second-order valence-corrected chi connectivity index (χ2v) is 11.4. The van der Waals surface area contributed by atoms with Crippen molar-refractivity contribution in [3.8, 4) is 0 Å². The molecule has 3 aromatic rings. The number of nitrogens with zero attached hydrogens (tertiary/aromatic N) is 3. The van der Waals surface area contributed by atoms with Crippen molar-refractivity contribution in [2.75, 3.05) is 29.5 Å². The number of sulfone groups is 1. The molecule has 1 atom stereocenters. The SMILES string of the molecule is O=C(N[C@@H]1CCS(=O)(=O)C1)C1CCN(c2nc3ccccc3n(Cc3ccccc3)c2=O)CC1. The molecule has 3 heterocycles. The first-order chi connectivity index (χ1) is 16.4. The van der Waals surface area contributed by atoms with E-state index in [0.29, 0.717) is 44.7 Å². The third kappa shape index (κ3) is 4.70. The van der Waals surface area contributed by atoms with Crippen molar-refractivity contribution in [3.63, 3.8) is 0 Å². The van der Waals surface area contributed by atoms with E-state index in [9.17, 15) is 18.0 Å². The Morgan fingerprint density at radius 3 is 2.41 bits per heavy atom. The molecule has 0 unspecified atom stereocenters. The number of nitrogens with one attached hydrogen (secondary N) is 1. The number of benzene rings is 2. The number of hydrogen-bond acceptors (Lipinski definition) is 6. The minimum atomic E-state index is -3.03. The zero-order valence-corrected chi connectivity index (χ0v) is 19.7. The number of piperidine rings is 1. The number of rotatable bonds is 5. The second-order valence-electron chi connectivity index (χ2n) is 9.17. The number of hydrogen-bond donors (Lipinski definition) is 1. The molecule has 0 spiro atoms. The van der Waals surface area contributed by atoms with Crippen LogP contribution < -0.4 is 15.8 Å². The average Bonchev–Trinajstić information content (AvgIpc) is 3.19. The number of amides is 1. The van der Waals surface area contributed by atoms with E-state index in [4.69, 9.17) is 4.98 Å². The zero-order valence-electron chi connectivity index (χ0n) is 18.9. The summed E-state index contributed by atoms with van der Waals surface area (Å²) in [6.45, 7) is 1.55. The maximum Gasteiger partial charge on any atom is 0.294 e. The Kier molecular flexibility index (Phi) is 6.12. The van der Waals surface area contributed by atoms with Crippen LogP contribution in [0.1, 0.15) is 24.8 Å². The average molecular weight is 481 g/mol. The van der Waals surface area contributed by atoms with E-state index >= 15 is 0 Å². The molecule has 8 nitrogen and oxygen atoms in total. The minimum absolute atomic E-state index is 0.0273. The fraction of sp³-hybridized carbons (Fsp3) is 0.400. The third-order valence-corrected chi connectivity index (χ3v) is 8.53. The van der Waals surface area contributed by atoms with E-state index in [1.807, 2.05) is 59.5 Å². The van der Waals surface area contributed by atoms with Gasteiger partial charge in [-0.1, -0.05) is 42.5 Å². The quantitative estimate of drug-likeness (QED) is 0.599. The largest absolute Gasteiger partial charge is 0.352 e. The van der Waals surface area contributed by atoms with Gasteiger partial charge in [-0.15, -0.1) is 0 Å². The first kappa shape index (κ1) is 22.6. The Bertz CT molecular complexity index is 1360. The van der Waals surface area contributed by atoms with Gasteiger partial charge in [-0.25, -0.2) is 13.4 Å². The summed E-state index contributed by atoms with van der Waals surface area (Å²) in [4.78, 5) is 32.9. The fourth-order valence-electron chi connectivity index (χ4n) is 4.89. The summed E-state index contributed by atoms with van der Waals surface area (Å²) in [5.41, 5.74) is 2.45. The molecule has 2 aliphatic rings. The molecule has 2 fully saturated rings. The standard InChI is InChI=1S/C25H28N4O4S/c30-24(26-20-12-15-34(32,33)17-20)19-10-13-28(14-11-19)23-25(31)29(16-18-6-2-1-3-7-18)22-9-5-4-8-21(22)27-23/h1-9,19-20H,10-17H2,(H,26,30)/t20-/m1/s1. The lowest BCUT2D eigenvalue weighted by Gasteiger charge is -2.32. The van der Waals surface area contributed by atoms with Gasteiger partial charge in [0, 0.05) is 25.0 Å². The van der Waals surface area contributed by atoms with Crippen LogP contribution in [-0.4, -0.2) is 54.5 Å². The van der Waals surface area contributed by atoms with Crippen molar-refractivity contribution in [1.29, 1.82) is 0 Å². The monoisotopic (exact) mass is 480 g/mol. The second kappa shape index (κ2) is 9.21. The van der Waals surface area contributed by atoms with Crippen molar-refractivity contribution in [1.82, 2.24) is 14.9 Å². The number of fused-ring (bicyclic) bond motifs is 1. The van der Waals surface area contributed by atoms with E-state index in [1.54, 1.807) is 4.57 Å². The maximum atomic E-state index is 13.5. The molecule has 0 radical (unpaired) electrons. The summed E-state index contributed by atoms with van der Waals surface area (Å²) in [7, 11) is -3.03. The van der Waals surface area contributed by atoms with Crippen molar-refractivity contribution in [2.45, 2.75) is 31.8 Å². The number of aromatic nitrogens is 2. The van der Waals surface area contributed by atoms with Crippen LogP contribution >= 0.6 is 0 Å². The van der Waals surface area contributed by atoms with Crippen LogP contribution in [0.25, 0.3) is 11.0 Å². The molecule has 0 bridgehead atoms. The molecule has 1 N–H and O–H groups in total. The number of carbonyl (C=O) groups is 1. The summed E-state index contributed by atoms with van der Waals surface area (Å²) >= 11 is 0. The molecule has 9 heteroatoms. The normalized spacial score (nSPS) is 20.5. The molecule has 2 saturated heterocycles. The molecule has 0 saturated carbocycles. The van der Waals surface area contributed by atoms with Crippen molar-refractivity contribution < 1.29 is 13.2 Å². The third-order valence-electron chi connectivity index (χ3n) is 6.76. The maximum absolute atomic E-state index is 13.5. The highest BCUT2D eigenvalue weighted by atomic mass is 32.2. The van der Waals surface area contributed by atoms with Crippen molar-refractivity contribution in [3.05, 3.63) is 70.5 Å². The van der Waals surface area contributed by atoms with Gasteiger partial charge < -0.3 is 10.2 Å². The predicted octanol–water partition coefficient (Wildman–Crippen LogP) is 1.96. The van der Waals surface area contributed by atoms with Crippen molar-refractivity contribution in [2.24, 2.45) is 5.92 Å². The highest BCUT2D eigenvalue weighted by molar-refractivity contribution is 7.91. The summed E-state index contributed by atoms with van der Waals surface area (Å²) in [5.74, 6) is 0.301. The lowest BCUT2D eigenvalue weighted by molar-refractivity contribution is -0.126. The number of para-hydroxylation sites is 2. The summed E-state index contributed by atoms with van der Waals surface area (Å²) < 4.78 is 25.1. The van der Waals surface area contributed by atoms with E-state index in [-0.39, 0.29) is 34.9 Å². The van der Waals surface area contributed by atoms with Gasteiger partial charge in [-0.05, 0) is 37.0 Å². The summed E-state index contributed by atoms with van der Waals surface area (Å²) in [5, 5.41) is 2.91. The highest BCUT2D eigenvalue weighted by Crippen LogP contribution is 2.23. The van der Waals surface area contributed by atoms with Crippen LogP contribution in [0.5, 0.6) is 0 Å². The highest BCUT2D eigenvalue weighted by Gasteiger charge is 2.32. The topological polar surface area (TPSA) is 101 Å². The molecule has 5 rings (SSSR count). The van der Waals surface area contributed by atoms with Crippen LogP contribution in [0, 0.1) is 5.92 Å². The number of carbonyl (C=O) groups excluding carboxylic acids is 1. The van der Waals surface area contributed by atoms with Gasteiger partial charge in [0.05, 0.1) is 29.1 Å². The number of anilines is 1. The van der Waals surface area contributed by atoms with Crippen LogP contribution in [0.2, 0.25) is 0 Å². The van der Waals surface area contributed by atoms with E-state index in [1.165, 1.54) is 0 Å². The van der Waals surface area contributed by atoms with Crippen LogP contribution in [0.3, 0.4) is 0 Å². The van der Waals surface area contributed by atoms with Crippen molar-refractivity contribution >= 4 is 32.6 Å². The fourth-order valence-corrected chi connectivity index (χ4v) is 6.56. The molecular formula is C25H28N4O4S. The Labute approximate surface area is 198 Å². The molecule has 1 aromatic heterocycles. The Balaban J connectivity index is 1.33. The van der Waals surface area contributed by atoms with Gasteiger partial charge in [0.2, 0.25) is 5.91 Å². The molecule has 178 valence electrons. The summed E-state index contributed by atoms with van der Waals surface area (Å²) in [6.07, 6.45) is 1.67. The first-order valence-corrected chi connectivity index (χ1v) is 13.5.